The first-order chi connectivity index (χ1) is 15.7. The second kappa shape index (κ2) is 9.69. The third-order valence-electron chi connectivity index (χ3n) is 7.28. The smallest absolute Gasteiger partial charge is 0.233 e. The van der Waals surface area contributed by atoms with Crippen molar-refractivity contribution in [2.45, 2.75) is 76.3 Å². The number of methoxy groups -OCH3 is 1. The molecule has 3 saturated carbocycles. The number of halogens is 1. The molecule has 3 atom stereocenters. The van der Waals surface area contributed by atoms with E-state index in [1.807, 2.05) is 18.2 Å². The Labute approximate surface area is 195 Å². The SMILES string of the molecule is COc1ccc(Nc2nc(NC3CCCCCC3)nc(NC3CC4CCC3C4)n2)cc1Cl. The number of benzene rings is 1. The molecule has 3 unspecified atom stereocenters. The Morgan fingerprint density at radius 3 is 2.28 bits per heavy atom. The average Bonchev–Trinajstić information content (AvgIpc) is 3.30. The largest absolute Gasteiger partial charge is 0.495 e. The summed E-state index contributed by atoms with van der Waals surface area (Å²) >= 11 is 6.31. The fourth-order valence-corrected chi connectivity index (χ4v) is 5.89. The molecule has 3 aliphatic rings. The molecule has 0 amide bonds. The highest BCUT2D eigenvalue weighted by atomic mass is 35.5. The number of rotatable bonds is 7. The summed E-state index contributed by atoms with van der Waals surface area (Å²) in [6.07, 6.45) is 12.7. The van der Waals surface area contributed by atoms with Crippen LogP contribution in [-0.4, -0.2) is 34.1 Å². The maximum absolute atomic E-state index is 6.31. The number of nitrogens with zero attached hydrogens (tertiary/aromatic N) is 3. The quantitative estimate of drug-likeness (QED) is 0.439. The minimum Gasteiger partial charge on any atom is -0.495 e. The van der Waals surface area contributed by atoms with E-state index in [4.69, 9.17) is 26.3 Å². The fraction of sp³-hybridized carbons (Fsp3) is 0.625. The molecular formula is C24H33ClN6O. The number of ether oxygens (including phenoxy) is 1. The lowest BCUT2D eigenvalue weighted by molar-refractivity contribution is 0.415. The zero-order chi connectivity index (χ0) is 21.9. The van der Waals surface area contributed by atoms with E-state index >= 15 is 0 Å². The molecule has 3 fully saturated rings. The van der Waals surface area contributed by atoms with Gasteiger partial charge in [0.1, 0.15) is 5.75 Å². The van der Waals surface area contributed by atoms with Crippen LogP contribution in [0, 0.1) is 11.8 Å². The van der Waals surface area contributed by atoms with E-state index in [0.717, 1.165) is 30.4 Å². The van der Waals surface area contributed by atoms with E-state index < -0.39 is 0 Å². The number of fused-ring (bicyclic) bond motifs is 2. The summed E-state index contributed by atoms with van der Waals surface area (Å²) < 4.78 is 5.26. The topological polar surface area (TPSA) is 84.0 Å². The Balaban J connectivity index is 1.37. The molecule has 5 rings (SSSR count). The summed E-state index contributed by atoms with van der Waals surface area (Å²) in [6.45, 7) is 0. The van der Waals surface area contributed by atoms with E-state index in [0.29, 0.717) is 40.7 Å². The molecule has 32 heavy (non-hydrogen) atoms. The van der Waals surface area contributed by atoms with Gasteiger partial charge in [0, 0.05) is 17.8 Å². The summed E-state index contributed by atoms with van der Waals surface area (Å²) in [5, 5.41) is 11.1. The van der Waals surface area contributed by atoms with Gasteiger partial charge in [-0.15, -0.1) is 0 Å². The van der Waals surface area contributed by atoms with Gasteiger partial charge in [-0.2, -0.15) is 15.0 Å². The van der Waals surface area contributed by atoms with Crippen molar-refractivity contribution < 1.29 is 4.74 Å². The van der Waals surface area contributed by atoms with Gasteiger partial charge in [-0.05, 0) is 62.1 Å². The van der Waals surface area contributed by atoms with Crippen LogP contribution in [0.25, 0.3) is 0 Å². The second-order valence-electron chi connectivity index (χ2n) is 9.54. The van der Waals surface area contributed by atoms with Gasteiger partial charge < -0.3 is 20.7 Å². The van der Waals surface area contributed by atoms with Crippen molar-refractivity contribution in [3.05, 3.63) is 23.2 Å². The molecule has 1 aromatic carbocycles. The lowest BCUT2D eigenvalue weighted by Gasteiger charge is -2.23. The summed E-state index contributed by atoms with van der Waals surface area (Å²) in [5.41, 5.74) is 0.813. The maximum atomic E-state index is 6.31. The lowest BCUT2D eigenvalue weighted by Crippen LogP contribution is -2.28. The lowest BCUT2D eigenvalue weighted by atomic mass is 9.95. The third kappa shape index (κ3) is 5.03. The summed E-state index contributed by atoms with van der Waals surface area (Å²) in [7, 11) is 1.61. The van der Waals surface area contributed by atoms with Crippen LogP contribution in [0.2, 0.25) is 5.02 Å². The molecule has 8 heteroatoms. The van der Waals surface area contributed by atoms with Crippen molar-refractivity contribution in [3.63, 3.8) is 0 Å². The molecule has 0 spiro atoms. The Morgan fingerprint density at radius 2 is 1.62 bits per heavy atom. The predicted octanol–water partition coefficient (Wildman–Crippen LogP) is 6.01. The zero-order valence-corrected chi connectivity index (χ0v) is 19.5. The molecule has 0 aliphatic heterocycles. The van der Waals surface area contributed by atoms with Crippen LogP contribution in [0.15, 0.2) is 18.2 Å². The van der Waals surface area contributed by atoms with E-state index in [9.17, 15) is 0 Å². The van der Waals surface area contributed by atoms with Gasteiger partial charge in [0.15, 0.2) is 0 Å². The zero-order valence-electron chi connectivity index (χ0n) is 18.7. The first-order valence-corrected chi connectivity index (χ1v) is 12.4. The van der Waals surface area contributed by atoms with Crippen LogP contribution < -0.4 is 20.7 Å². The van der Waals surface area contributed by atoms with E-state index in [1.165, 1.54) is 51.4 Å². The molecule has 3 N–H and O–H groups in total. The van der Waals surface area contributed by atoms with Crippen LogP contribution in [0.3, 0.4) is 0 Å². The van der Waals surface area contributed by atoms with Gasteiger partial charge in [-0.25, -0.2) is 0 Å². The first-order valence-electron chi connectivity index (χ1n) is 12.1. The van der Waals surface area contributed by atoms with Crippen molar-refractivity contribution in [2.75, 3.05) is 23.1 Å². The Kier molecular flexibility index (Phi) is 6.53. The van der Waals surface area contributed by atoms with Crippen LogP contribution in [-0.2, 0) is 0 Å². The highest BCUT2D eigenvalue weighted by molar-refractivity contribution is 6.32. The van der Waals surface area contributed by atoms with Crippen LogP contribution in [0.1, 0.15) is 64.2 Å². The van der Waals surface area contributed by atoms with E-state index in [2.05, 4.69) is 20.9 Å². The Hall–Kier alpha value is -2.28. The first kappa shape index (κ1) is 21.6. The minimum absolute atomic E-state index is 0.415. The van der Waals surface area contributed by atoms with Crippen LogP contribution >= 0.6 is 11.6 Å². The van der Waals surface area contributed by atoms with Crippen molar-refractivity contribution in [3.8, 4) is 5.75 Å². The Morgan fingerprint density at radius 1 is 0.875 bits per heavy atom. The van der Waals surface area contributed by atoms with Gasteiger partial charge in [-0.1, -0.05) is 43.7 Å². The van der Waals surface area contributed by atoms with Gasteiger partial charge >= 0.3 is 0 Å². The molecular weight excluding hydrogens is 424 g/mol. The van der Waals surface area contributed by atoms with Gasteiger partial charge in [0.25, 0.3) is 0 Å². The minimum atomic E-state index is 0.415. The standard InChI is InChI=1S/C24H33ClN6O/c1-32-21-11-10-18(14-19(21)25)27-23-29-22(26-17-6-4-2-3-5-7-17)30-24(31-23)28-20-13-15-8-9-16(20)12-15/h10-11,14-17,20H,2-9,12-13H2,1H3,(H3,26,27,28,29,30,31). The fourth-order valence-electron chi connectivity index (χ4n) is 5.63. The van der Waals surface area contributed by atoms with Crippen LogP contribution in [0.4, 0.5) is 23.5 Å². The summed E-state index contributed by atoms with van der Waals surface area (Å²) in [4.78, 5) is 14.2. The molecule has 2 aromatic rings. The van der Waals surface area contributed by atoms with Gasteiger partial charge in [0.05, 0.1) is 12.1 Å². The highest BCUT2D eigenvalue weighted by Gasteiger charge is 2.39. The molecule has 172 valence electrons. The van der Waals surface area contributed by atoms with E-state index in [1.54, 1.807) is 7.11 Å². The number of hydrogen-bond acceptors (Lipinski definition) is 7. The molecule has 1 heterocycles. The van der Waals surface area contributed by atoms with Gasteiger partial charge in [0.2, 0.25) is 17.8 Å². The third-order valence-corrected chi connectivity index (χ3v) is 7.58. The highest BCUT2D eigenvalue weighted by Crippen LogP contribution is 2.45. The number of aromatic nitrogens is 3. The second-order valence-corrected chi connectivity index (χ2v) is 9.95. The molecule has 0 radical (unpaired) electrons. The maximum Gasteiger partial charge on any atom is 0.233 e. The molecule has 0 saturated heterocycles. The predicted molar refractivity (Wildman–Crippen MR) is 129 cm³/mol. The van der Waals surface area contributed by atoms with Crippen molar-refractivity contribution in [1.29, 1.82) is 0 Å². The molecule has 2 bridgehead atoms. The van der Waals surface area contributed by atoms with E-state index in [-0.39, 0.29) is 0 Å². The Bertz CT molecular complexity index is 933. The van der Waals surface area contributed by atoms with Crippen molar-refractivity contribution in [1.82, 2.24) is 15.0 Å². The number of anilines is 4. The molecule has 1 aromatic heterocycles. The average molecular weight is 457 g/mol. The van der Waals surface area contributed by atoms with Crippen molar-refractivity contribution >= 4 is 35.1 Å². The van der Waals surface area contributed by atoms with Crippen molar-refractivity contribution in [2.24, 2.45) is 11.8 Å². The van der Waals surface area contributed by atoms with Gasteiger partial charge in [-0.3, -0.25) is 0 Å². The monoisotopic (exact) mass is 456 g/mol. The summed E-state index contributed by atoms with van der Waals surface area (Å²) in [5.74, 6) is 4.05. The molecule has 7 nitrogen and oxygen atoms in total. The number of nitrogens with one attached hydrogen (secondary N) is 3. The number of hydrogen-bond donors (Lipinski definition) is 3. The summed E-state index contributed by atoms with van der Waals surface area (Å²) in [6, 6.07) is 6.45. The molecule has 3 aliphatic carbocycles. The van der Waals surface area contributed by atoms with Crippen LogP contribution in [0.5, 0.6) is 5.75 Å². The normalized spacial score (nSPS) is 25.4.